The smallest absolute Gasteiger partial charge is 0.393 e. The van der Waals surface area contributed by atoms with E-state index in [0.717, 1.165) is 33.4 Å². The maximum Gasteiger partial charge on any atom is 0.393 e. The molecule has 2 atom stereocenters. The number of aromatic hydroxyl groups is 2. The number of likely N-dealkylation sites (tertiary alicyclic amines) is 1. The Bertz CT molecular complexity index is 1340. The SMILES string of the molecule is CC1=C(c2cccc(O)c2)C(c2ccc(/C=C\CN3CCC(C(F)(F)F)C3)cc2)Oc2ccc(O)cc21. The second-order valence-electron chi connectivity index (χ2n) is 9.62. The van der Waals surface area contributed by atoms with Gasteiger partial charge < -0.3 is 14.9 Å². The highest BCUT2D eigenvalue weighted by Crippen LogP contribution is 2.47. The van der Waals surface area contributed by atoms with Crippen LogP contribution in [0.5, 0.6) is 17.2 Å². The van der Waals surface area contributed by atoms with E-state index in [1.807, 2.05) is 54.3 Å². The van der Waals surface area contributed by atoms with Gasteiger partial charge in [-0.2, -0.15) is 13.2 Å². The van der Waals surface area contributed by atoms with E-state index in [9.17, 15) is 23.4 Å². The van der Waals surface area contributed by atoms with Crippen LogP contribution < -0.4 is 4.74 Å². The zero-order valence-corrected chi connectivity index (χ0v) is 20.4. The van der Waals surface area contributed by atoms with Gasteiger partial charge >= 0.3 is 6.18 Å². The summed E-state index contributed by atoms with van der Waals surface area (Å²) in [6.07, 6.45) is -0.580. The lowest BCUT2D eigenvalue weighted by atomic mass is 9.86. The molecule has 7 heteroatoms. The molecule has 0 saturated carbocycles. The van der Waals surface area contributed by atoms with Crippen molar-refractivity contribution in [1.29, 1.82) is 0 Å². The third-order valence-corrected chi connectivity index (χ3v) is 7.08. The molecule has 37 heavy (non-hydrogen) atoms. The number of phenolic OH excluding ortho intramolecular Hbond substituents is 2. The van der Waals surface area contributed by atoms with Crippen molar-refractivity contribution in [3.05, 3.63) is 95.1 Å². The lowest BCUT2D eigenvalue weighted by Gasteiger charge is -2.31. The number of benzene rings is 3. The minimum absolute atomic E-state index is 0.0501. The van der Waals surface area contributed by atoms with Gasteiger partial charge in [0.2, 0.25) is 0 Å². The fraction of sp³-hybridized carbons (Fsp3) is 0.267. The van der Waals surface area contributed by atoms with E-state index < -0.39 is 18.2 Å². The molecule has 2 aliphatic heterocycles. The average molecular weight is 508 g/mol. The highest BCUT2D eigenvalue weighted by molar-refractivity contribution is 5.95. The molecule has 4 nitrogen and oxygen atoms in total. The molecule has 5 rings (SSSR count). The molecular weight excluding hydrogens is 479 g/mol. The van der Waals surface area contributed by atoms with Gasteiger partial charge in [0.15, 0.2) is 0 Å². The van der Waals surface area contributed by atoms with Crippen LogP contribution in [0.2, 0.25) is 0 Å². The fourth-order valence-electron chi connectivity index (χ4n) is 5.10. The number of rotatable bonds is 5. The molecule has 0 aliphatic carbocycles. The Kier molecular flexibility index (Phi) is 6.73. The van der Waals surface area contributed by atoms with Crippen molar-refractivity contribution in [2.75, 3.05) is 19.6 Å². The molecule has 1 fully saturated rings. The Morgan fingerprint density at radius 1 is 1.00 bits per heavy atom. The van der Waals surface area contributed by atoms with E-state index in [4.69, 9.17) is 4.74 Å². The van der Waals surface area contributed by atoms with Crippen LogP contribution in [0.3, 0.4) is 0 Å². The third kappa shape index (κ3) is 5.37. The van der Waals surface area contributed by atoms with Crippen LogP contribution in [-0.2, 0) is 0 Å². The van der Waals surface area contributed by atoms with Crippen LogP contribution in [0.25, 0.3) is 17.2 Å². The first-order valence-corrected chi connectivity index (χ1v) is 12.2. The quantitative estimate of drug-likeness (QED) is 0.388. The van der Waals surface area contributed by atoms with Crippen LogP contribution in [0.1, 0.15) is 41.7 Å². The highest BCUT2D eigenvalue weighted by Gasteiger charge is 2.43. The summed E-state index contributed by atoms with van der Waals surface area (Å²) in [6.45, 7) is 2.96. The number of ether oxygens (including phenoxy) is 1. The molecule has 192 valence electrons. The molecule has 2 unspecified atom stereocenters. The number of hydrogen-bond donors (Lipinski definition) is 2. The van der Waals surface area contributed by atoms with E-state index in [2.05, 4.69) is 0 Å². The van der Waals surface area contributed by atoms with Crippen LogP contribution in [0.4, 0.5) is 13.2 Å². The summed E-state index contributed by atoms with van der Waals surface area (Å²) in [5, 5.41) is 20.1. The lowest BCUT2D eigenvalue weighted by Crippen LogP contribution is -2.27. The number of nitrogens with zero attached hydrogens (tertiary/aromatic N) is 1. The Hall–Kier alpha value is -3.71. The summed E-state index contributed by atoms with van der Waals surface area (Å²) < 4.78 is 45.1. The van der Waals surface area contributed by atoms with E-state index in [-0.39, 0.29) is 24.5 Å². The van der Waals surface area contributed by atoms with E-state index in [1.54, 1.807) is 36.4 Å². The van der Waals surface area contributed by atoms with Crippen LogP contribution >= 0.6 is 0 Å². The molecule has 1 saturated heterocycles. The largest absolute Gasteiger partial charge is 0.508 e. The van der Waals surface area contributed by atoms with Crippen molar-refractivity contribution in [1.82, 2.24) is 4.90 Å². The van der Waals surface area contributed by atoms with Gasteiger partial charge in [-0.15, -0.1) is 0 Å². The van der Waals surface area contributed by atoms with Crippen molar-refractivity contribution in [3.63, 3.8) is 0 Å². The number of alkyl halides is 3. The predicted octanol–water partition coefficient (Wildman–Crippen LogP) is 7.06. The number of fused-ring (bicyclic) bond motifs is 1. The molecule has 2 aliphatic rings. The Balaban J connectivity index is 1.37. The van der Waals surface area contributed by atoms with Crippen molar-refractivity contribution < 1.29 is 28.1 Å². The Morgan fingerprint density at radius 2 is 1.76 bits per heavy atom. The van der Waals surface area contributed by atoms with Gasteiger partial charge in [0.05, 0.1) is 5.92 Å². The molecule has 0 bridgehead atoms. The van der Waals surface area contributed by atoms with Crippen molar-refractivity contribution >= 4 is 17.2 Å². The summed E-state index contributed by atoms with van der Waals surface area (Å²) in [4.78, 5) is 1.82. The summed E-state index contributed by atoms with van der Waals surface area (Å²) in [7, 11) is 0. The second-order valence-corrected chi connectivity index (χ2v) is 9.62. The Morgan fingerprint density at radius 3 is 2.46 bits per heavy atom. The maximum atomic E-state index is 12.9. The summed E-state index contributed by atoms with van der Waals surface area (Å²) in [5.74, 6) is -0.273. The highest BCUT2D eigenvalue weighted by atomic mass is 19.4. The van der Waals surface area contributed by atoms with Gasteiger partial charge in [-0.05, 0) is 72.5 Å². The number of phenols is 2. The Labute approximate surface area is 213 Å². The predicted molar refractivity (Wildman–Crippen MR) is 138 cm³/mol. The van der Waals surface area contributed by atoms with E-state index >= 15 is 0 Å². The number of hydrogen-bond acceptors (Lipinski definition) is 4. The van der Waals surface area contributed by atoms with Crippen molar-refractivity contribution in [2.45, 2.75) is 25.6 Å². The van der Waals surface area contributed by atoms with Crippen molar-refractivity contribution in [2.24, 2.45) is 5.92 Å². The van der Waals surface area contributed by atoms with Gasteiger partial charge in [0.25, 0.3) is 0 Å². The van der Waals surface area contributed by atoms with E-state index in [1.165, 1.54) is 0 Å². The normalized spacial score (nSPS) is 20.3. The topological polar surface area (TPSA) is 52.9 Å². The van der Waals surface area contributed by atoms with Gasteiger partial charge in [-0.25, -0.2) is 0 Å². The zero-order chi connectivity index (χ0) is 26.2. The molecule has 2 N–H and O–H groups in total. The zero-order valence-electron chi connectivity index (χ0n) is 20.4. The molecule has 3 aromatic carbocycles. The van der Waals surface area contributed by atoms with Crippen LogP contribution in [0, 0.1) is 5.92 Å². The molecular formula is C30H28F3NO3. The van der Waals surface area contributed by atoms with Crippen molar-refractivity contribution in [3.8, 4) is 17.2 Å². The molecule has 2 heterocycles. The minimum atomic E-state index is -4.12. The van der Waals surface area contributed by atoms with Gasteiger partial charge in [0, 0.05) is 24.2 Å². The van der Waals surface area contributed by atoms with Gasteiger partial charge in [-0.1, -0.05) is 48.6 Å². The minimum Gasteiger partial charge on any atom is -0.508 e. The first-order chi connectivity index (χ1) is 17.7. The van der Waals surface area contributed by atoms with Crippen LogP contribution in [-0.4, -0.2) is 40.9 Å². The van der Waals surface area contributed by atoms with Crippen LogP contribution in [0.15, 0.2) is 72.8 Å². The average Bonchev–Trinajstić information content (AvgIpc) is 3.34. The monoisotopic (exact) mass is 507 g/mol. The molecule has 0 aromatic heterocycles. The van der Waals surface area contributed by atoms with E-state index in [0.29, 0.717) is 18.8 Å². The summed E-state index contributed by atoms with van der Waals surface area (Å²) >= 11 is 0. The summed E-state index contributed by atoms with van der Waals surface area (Å²) in [5.41, 5.74) is 5.31. The molecule has 0 amide bonds. The number of allylic oxidation sites excluding steroid dienone is 1. The molecule has 3 aromatic rings. The standard InChI is InChI=1S/C30H28F3NO3/c1-19-26-17-25(36)11-12-27(26)37-29(28(19)22-5-2-6-24(35)16-22)21-9-7-20(8-10-21)4-3-14-34-15-13-23(18-34)30(31,32)33/h2-12,16-17,23,29,35-36H,13-15,18H2,1H3/b4-3-. The third-order valence-electron chi connectivity index (χ3n) is 7.08. The maximum absolute atomic E-state index is 12.9. The first kappa shape index (κ1) is 25.0. The number of halogens is 3. The summed E-state index contributed by atoms with van der Waals surface area (Å²) in [6, 6.07) is 19.9. The fourth-order valence-corrected chi connectivity index (χ4v) is 5.10. The van der Waals surface area contributed by atoms with Gasteiger partial charge in [0.1, 0.15) is 23.4 Å². The molecule has 0 radical (unpaired) electrons. The lowest BCUT2D eigenvalue weighted by molar-refractivity contribution is -0.170. The van der Waals surface area contributed by atoms with Gasteiger partial charge in [-0.3, -0.25) is 4.90 Å². The molecule has 0 spiro atoms. The second kappa shape index (κ2) is 9.98. The first-order valence-electron chi connectivity index (χ1n) is 12.2.